The van der Waals surface area contributed by atoms with Gasteiger partial charge in [-0.2, -0.15) is 0 Å². The standard InChI is InChI=1S/C21H18FN5O5/c22-13-5-12-8-31-11-32-19(12)14(6-13)21(29)26-17-9-30-4-3-27-18(28)7-16(25-20(17)27)15-1-2-23-10-24-15/h1-2,5-7,10,17H,3-4,8-9,11H2,(H,26,29). The molecule has 11 heteroatoms. The third-order valence-corrected chi connectivity index (χ3v) is 5.16. The van der Waals surface area contributed by atoms with Gasteiger partial charge in [-0.25, -0.2) is 19.3 Å². The SMILES string of the molecule is O=C(NC1COCCn2c1nc(-c1ccncn1)cc2=O)c1cc(F)cc2c1OCOC2. The minimum Gasteiger partial charge on any atom is -0.466 e. The fourth-order valence-corrected chi connectivity index (χ4v) is 3.71. The van der Waals surface area contributed by atoms with Crippen LogP contribution in [0.25, 0.3) is 11.4 Å². The van der Waals surface area contributed by atoms with Gasteiger partial charge in [0.15, 0.2) is 6.79 Å². The maximum atomic E-state index is 14.1. The molecule has 1 N–H and O–H groups in total. The van der Waals surface area contributed by atoms with E-state index in [1.807, 2.05) is 0 Å². The van der Waals surface area contributed by atoms with Crippen molar-refractivity contribution >= 4 is 5.91 Å². The molecule has 0 saturated heterocycles. The zero-order chi connectivity index (χ0) is 22.1. The molecule has 1 unspecified atom stereocenters. The van der Waals surface area contributed by atoms with Gasteiger partial charge in [0.25, 0.3) is 11.5 Å². The van der Waals surface area contributed by atoms with Crippen molar-refractivity contribution in [1.82, 2.24) is 24.8 Å². The van der Waals surface area contributed by atoms with E-state index in [1.165, 1.54) is 23.0 Å². The van der Waals surface area contributed by atoms with Gasteiger partial charge in [0.1, 0.15) is 29.8 Å². The second-order valence-corrected chi connectivity index (χ2v) is 7.24. The van der Waals surface area contributed by atoms with Gasteiger partial charge in [-0.3, -0.25) is 14.2 Å². The number of fused-ring (bicyclic) bond motifs is 2. The lowest BCUT2D eigenvalue weighted by molar-refractivity contribution is -0.0171. The molecule has 1 aromatic carbocycles. The second-order valence-electron chi connectivity index (χ2n) is 7.24. The smallest absolute Gasteiger partial charge is 0.255 e. The first-order valence-electron chi connectivity index (χ1n) is 9.90. The minimum absolute atomic E-state index is 0.0342. The third-order valence-electron chi connectivity index (χ3n) is 5.16. The van der Waals surface area contributed by atoms with Gasteiger partial charge >= 0.3 is 0 Å². The van der Waals surface area contributed by atoms with E-state index in [4.69, 9.17) is 14.2 Å². The first-order chi connectivity index (χ1) is 15.6. The molecule has 0 spiro atoms. The molecule has 1 atom stereocenters. The molecule has 2 aliphatic heterocycles. The zero-order valence-corrected chi connectivity index (χ0v) is 16.8. The molecule has 5 rings (SSSR count). The Kier molecular flexibility index (Phi) is 5.33. The summed E-state index contributed by atoms with van der Waals surface area (Å²) in [4.78, 5) is 38.5. The van der Waals surface area contributed by atoms with Crippen molar-refractivity contribution in [2.45, 2.75) is 19.2 Å². The first kappa shape index (κ1) is 20.2. The summed E-state index contributed by atoms with van der Waals surface area (Å²) in [5.41, 5.74) is 1.02. The normalized spacial score (nSPS) is 17.5. The minimum atomic E-state index is -0.752. The summed E-state index contributed by atoms with van der Waals surface area (Å²) in [6.45, 7) is 0.763. The van der Waals surface area contributed by atoms with Gasteiger partial charge in [-0.15, -0.1) is 0 Å². The summed E-state index contributed by atoms with van der Waals surface area (Å²) in [5.74, 6) is -0.566. The largest absolute Gasteiger partial charge is 0.466 e. The maximum absolute atomic E-state index is 14.1. The van der Waals surface area contributed by atoms with E-state index in [1.54, 1.807) is 12.3 Å². The van der Waals surface area contributed by atoms with Gasteiger partial charge in [0, 0.05) is 17.8 Å². The number of rotatable bonds is 3. The van der Waals surface area contributed by atoms with E-state index >= 15 is 0 Å². The van der Waals surface area contributed by atoms with Crippen molar-refractivity contribution < 1.29 is 23.4 Å². The number of ether oxygens (including phenoxy) is 3. The van der Waals surface area contributed by atoms with Crippen molar-refractivity contribution in [2.24, 2.45) is 0 Å². The summed E-state index contributed by atoms with van der Waals surface area (Å²) in [5, 5.41) is 2.81. The summed E-state index contributed by atoms with van der Waals surface area (Å²) in [6.07, 6.45) is 2.91. The third kappa shape index (κ3) is 3.83. The molecule has 2 aromatic heterocycles. The van der Waals surface area contributed by atoms with E-state index < -0.39 is 17.8 Å². The van der Waals surface area contributed by atoms with Gasteiger partial charge in [0.2, 0.25) is 0 Å². The van der Waals surface area contributed by atoms with Crippen LogP contribution in [0.4, 0.5) is 4.39 Å². The number of carbonyl (C=O) groups excluding carboxylic acids is 1. The summed E-state index contributed by atoms with van der Waals surface area (Å²) < 4.78 is 31.8. The molecule has 164 valence electrons. The van der Waals surface area contributed by atoms with E-state index in [2.05, 4.69) is 20.3 Å². The Bertz CT molecular complexity index is 1230. The average molecular weight is 439 g/mol. The molecule has 0 fully saturated rings. The van der Waals surface area contributed by atoms with Crippen LogP contribution in [0.3, 0.4) is 0 Å². The van der Waals surface area contributed by atoms with E-state index in [0.29, 0.717) is 22.8 Å². The number of halogens is 1. The second kappa shape index (κ2) is 8.44. The molecule has 0 aliphatic carbocycles. The van der Waals surface area contributed by atoms with Gasteiger partial charge in [-0.1, -0.05) is 0 Å². The van der Waals surface area contributed by atoms with Crippen LogP contribution in [0.5, 0.6) is 5.75 Å². The summed E-state index contributed by atoms with van der Waals surface area (Å²) >= 11 is 0. The lowest BCUT2D eigenvalue weighted by atomic mass is 10.1. The average Bonchev–Trinajstić information content (AvgIpc) is 3.01. The summed E-state index contributed by atoms with van der Waals surface area (Å²) in [6, 6.07) is 4.64. The Balaban J connectivity index is 1.52. The lowest BCUT2D eigenvalue weighted by Crippen LogP contribution is -2.36. The van der Waals surface area contributed by atoms with Crippen molar-refractivity contribution in [3.63, 3.8) is 0 Å². The summed E-state index contributed by atoms with van der Waals surface area (Å²) in [7, 11) is 0. The number of nitrogens with zero attached hydrogens (tertiary/aromatic N) is 4. The monoisotopic (exact) mass is 439 g/mol. The molecule has 2 aliphatic rings. The highest BCUT2D eigenvalue weighted by Gasteiger charge is 2.28. The van der Waals surface area contributed by atoms with Crippen LogP contribution in [-0.4, -0.2) is 45.4 Å². The quantitative estimate of drug-likeness (QED) is 0.647. The van der Waals surface area contributed by atoms with E-state index in [-0.39, 0.29) is 50.0 Å². The molecule has 1 amide bonds. The number of hydrogen-bond acceptors (Lipinski definition) is 8. The number of nitrogens with one attached hydrogen (secondary N) is 1. The van der Waals surface area contributed by atoms with Gasteiger partial charge in [0.05, 0.1) is 43.3 Å². The molecule has 0 bridgehead atoms. The first-order valence-corrected chi connectivity index (χ1v) is 9.90. The van der Waals surface area contributed by atoms with Gasteiger partial charge in [-0.05, 0) is 18.2 Å². The van der Waals surface area contributed by atoms with Crippen LogP contribution < -0.4 is 15.6 Å². The predicted molar refractivity (Wildman–Crippen MR) is 107 cm³/mol. The highest BCUT2D eigenvalue weighted by molar-refractivity contribution is 5.97. The Labute approximate surface area is 181 Å². The Hall–Kier alpha value is -3.70. The Morgan fingerprint density at radius 1 is 1.22 bits per heavy atom. The number of carbonyl (C=O) groups is 1. The lowest BCUT2D eigenvalue weighted by Gasteiger charge is -2.22. The zero-order valence-electron chi connectivity index (χ0n) is 16.8. The van der Waals surface area contributed by atoms with E-state index in [9.17, 15) is 14.0 Å². The number of benzene rings is 1. The van der Waals surface area contributed by atoms with Crippen LogP contribution >= 0.6 is 0 Å². The molecule has 10 nitrogen and oxygen atoms in total. The highest BCUT2D eigenvalue weighted by Crippen LogP contribution is 2.30. The van der Waals surface area contributed by atoms with E-state index in [0.717, 1.165) is 6.07 Å². The Morgan fingerprint density at radius 3 is 2.97 bits per heavy atom. The topological polar surface area (TPSA) is 117 Å². The molecular weight excluding hydrogens is 421 g/mol. The van der Waals surface area contributed by atoms with Crippen LogP contribution in [-0.2, 0) is 22.6 Å². The number of amides is 1. The molecule has 4 heterocycles. The molecular formula is C21H18FN5O5. The van der Waals surface area contributed by atoms with Crippen molar-refractivity contribution in [3.8, 4) is 17.1 Å². The van der Waals surface area contributed by atoms with Gasteiger partial charge < -0.3 is 19.5 Å². The number of aromatic nitrogens is 4. The predicted octanol–water partition coefficient (Wildman–Crippen LogP) is 1.21. The fourth-order valence-electron chi connectivity index (χ4n) is 3.71. The molecule has 3 aromatic rings. The fraction of sp³-hybridized carbons (Fsp3) is 0.286. The van der Waals surface area contributed by atoms with Crippen LogP contribution in [0.1, 0.15) is 27.8 Å². The number of hydrogen-bond donors (Lipinski definition) is 1. The Morgan fingerprint density at radius 2 is 2.12 bits per heavy atom. The van der Waals surface area contributed by atoms with Crippen LogP contribution in [0.2, 0.25) is 0 Å². The molecule has 0 radical (unpaired) electrons. The van der Waals surface area contributed by atoms with Crippen molar-refractivity contribution in [3.05, 3.63) is 69.9 Å². The van der Waals surface area contributed by atoms with Crippen LogP contribution in [0, 0.1) is 5.82 Å². The van der Waals surface area contributed by atoms with Crippen molar-refractivity contribution in [1.29, 1.82) is 0 Å². The molecule has 32 heavy (non-hydrogen) atoms. The highest BCUT2D eigenvalue weighted by atomic mass is 19.1. The molecule has 0 saturated carbocycles. The van der Waals surface area contributed by atoms with Crippen LogP contribution in [0.15, 0.2) is 41.6 Å². The maximum Gasteiger partial charge on any atom is 0.255 e. The van der Waals surface area contributed by atoms with Crippen molar-refractivity contribution in [2.75, 3.05) is 20.0 Å².